The predicted molar refractivity (Wildman–Crippen MR) is 98.3 cm³/mol. The molecule has 6 heteroatoms. The van der Waals surface area contributed by atoms with Crippen LogP contribution in [0.1, 0.15) is 10.4 Å². The van der Waals surface area contributed by atoms with Gasteiger partial charge in [0.1, 0.15) is 17.3 Å². The summed E-state index contributed by atoms with van der Waals surface area (Å²) in [5.41, 5.74) is 2.42. The van der Waals surface area contributed by atoms with E-state index >= 15 is 0 Å². The van der Waals surface area contributed by atoms with Crippen LogP contribution in [0.5, 0.6) is 0 Å². The number of carbonyl (C=O) groups excluding carboxylic acids is 1. The molecule has 0 fully saturated rings. The van der Waals surface area contributed by atoms with Gasteiger partial charge in [0.25, 0.3) is 5.91 Å². The number of imidazole rings is 1. The van der Waals surface area contributed by atoms with Crippen molar-refractivity contribution in [2.45, 2.75) is 0 Å². The summed E-state index contributed by atoms with van der Waals surface area (Å²) in [5, 5.41) is 3.80. The first kappa shape index (κ1) is 16.0. The van der Waals surface area contributed by atoms with Crippen LogP contribution in [0, 0.1) is 5.82 Å². The zero-order valence-corrected chi connectivity index (χ0v) is 14.0. The lowest BCUT2D eigenvalue weighted by Gasteiger charge is -2.10. The van der Waals surface area contributed by atoms with Gasteiger partial charge in [-0.05, 0) is 36.4 Å². The molecule has 26 heavy (non-hydrogen) atoms. The number of halogens is 1. The molecule has 1 N–H and O–H groups in total. The van der Waals surface area contributed by atoms with E-state index in [1.54, 1.807) is 42.3 Å². The minimum atomic E-state index is -0.322. The van der Waals surface area contributed by atoms with Gasteiger partial charge in [0.15, 0.2) is 0 Å². The maximum Gasteiger partial charge on any atom is 0.259 e. The van der Waals surface area contributed by atoms with E-state index < -0.39 is 0 Å². The summed E-state index contributed by atoms with van der Waals surface area (Å²) < 4.78 is 14.9. The number of pyridine rings is 1. The van der Waals surface area contributed by atoms with E-state index in [-0.39, 0.29) is 11.7 Å². The van der Waals surface area contributed by atoms with Crippen LogP contribution in [0.4, 0.5) is 10.2 Å². The Balaban J connectivity index is 1.72. The number of rotatable bonds is 3. The molecular formula is C20H15FN4O. The average molecular weight is 346 g/mol. The molecule has 4 rings (SSSR count). The molecule has 1 amide bonds. The number of carbonyl (C=O) groups is 1. The molecule has 0 atom stereocenters. The minimum Gasteiger partial charge on any atom is -0.320 e. The van der Waals surface area contributed by atoms with Crippen LogP contribution >= 0.6 is 0 Å². The summed E-state index contributed by atoms with van der Waals surface area (Å²) in [7, 11) is 1.79. The molecule has 0 unspecified atom stereocenters. The Bertz CT molecular complexity index is 1100. The number of hydrogen-bond donors (Lipinski definition) is 1. The average Bonchev–Trinajstić information content (AvgIpc) is 3.02. The maximum absolute atomic E-state index is 13.2. The summed E-state index contributed by atoms with van der Waals surface area (Å²) in [5.74, 6) is -0.0621. The van der Waals surface area contributed by atoms with Crippen molar-refractivity contribution in [3.63, 3.8) is 0 Å². The number of nitrogens with zero attached hydrogens (tertiary/aromatic N) is 3. The SMILES string of the molecule is Cn1cnc(-c2ccc(F)cc2)c1NC(=O)c1cccc2cccnc12. The standard InChI is InChI=1S/C20H15FN4O/c1-25-12-23-18(14-7-9-15(21)10-8-14)19(25)24-20(26)16-6-2-4-13-5-3-11-22-17(13)16/h2-12H,1H3,(H,24,26). The van der Waals surface area contributed by atoms with E-state index in [2.05, 4.69) is 15.3 Å². The summed E-state index contributed by atoms with van der Waals surface area (Å²) in [6, 6.07) is 15.2. The highest BCUT2D eigenvalue weighted by Gasteiger charge is 2.17. The van der Waals surface area contributed by atoms with Gasteiger partial charge in [-0.2, -0.15) is 0 Å². The van der Waals surface area contributed by atoms with Crippen LogP contribution in [0.3, 0.4) is 0 Å². The number of fused-ring (bicyclic) bond motifs is 1. The lowest BCUT2D eigenvalue weighted by atomic mass is 10.1. The molecule has 128 valence electrons. The van der Waals surface area contributed by atoms with E-state index in [1.807, 2.05) is 24.3 Å². The van der Waals surface area contributed by atoms with E-state index in [4.69, 9.17) is 0 Å². The number of nitrogens with one attached hydrogen (secondary N) is 1. The Morgan fingerprint density at radius 1 is 1.04 bits per heavy atom. The molecule has 0 saturated heterocycles. The topological polar surface area (TPSA) is 59.8 Å². The molecule has 0 aliphatic rings. The normalized spacial score (nSPS) is 10.8. The van der Waals surface area contributed by atoms with Gasteiger partial charge in [-0.3, -0.25) is 9.78 Å². The van der Waals surface area contributed by atoms with E-state index in [1.165, 1.54) is 12.1 Å². The van der Waals surface area contributed by atoms with E-state index in [9.17, 15) is 9.18 Å². The third-order valence-corrected chi connectivity index (χ3v) is 4.16. The van der Waals surface area contributed by atoms with Gasteiger partial charge in [-0.1, -0.05) is 18.2 Å². The van der Waals surface area contributed by atoms with Gasteiger partial charge >= 0.3 is 0 Å². The minimum absolute atomic E-state index is 0.277. The Morgan fingerprint density at radius 3 is 2.62 bits per heavy atom. The first-order chi connectivity index (χ1) is 12.6. The molecule has 0 aliphatic carbocycles. The number of hydrogen-bond acceptors (Lipinski definition) is 3. The van der Waals surface area contributed by atoms with Crippen molar-refractivity contribution in [2.24, 2.45) is 7.05 Å². The second-order valence-electron chi connectivity index (χ2n) is 5.89. The highest BCUT2D eigenvalue weighted by Crippen LogP contribution is 2.27. The Kier molecular flexibility index (Phi) is 3.93. The number of amides is 1. The first-order valence-corrected chi connectivity index (χ1v) is 8.06. The molecular weight excluding hydrogens is 331 g/mol. The van der Waals surface area contributed by atoms with Crippen molar-refractivity contribution in [3.05, 3.63) is 78.5 Å². The van der Waals surface area contributed by atoms with Crippen LogP contribution in [0.25, 0.3) is 22.2 Å². The quantitative estimate of drug-likeness (QED) is 0.609. The van der Waals surface area contributed by atoms with Gasteiger partial charge in [0, 0.05) is 24.2 Å². The van der Waals surface area contributed by atoms with Gasteiger partial charge in [-0.25, -0.2) is 9.37 Å². The molecule has 5 nitrogen and oxygen atoms in total. The van der Waals surface area contributed by atoms with Gasteiger partial charge < -0.3 is 9.88 Å². The molecule has 2 aromatic heterocycles. The summed E-state index contributed by atoms with van der Waals surface area (Å²) in [6.07, 6.45) is 3.27. The Morgan fingerprint density at radius 2 is 1.81 bits per heavy atom. The largest absolute Gasteiger partial charge is 0.320 e. The highest BCUT2D eigenvalue weighted by molar-refractivity contribution is 6.12. The second-order valence-corrected chi connectivity index (χ2v) is 5.89. The monoisotopic (exact) mass is 346 g/mol. The first-order valence-electron chi connectivity index (χ1n) is 8.06. The van der Waals surface area contributed by atoms with Crippen LogP contribution in [0.2, 0.25) is 0 Å². The van der Waals surface area contributed by atoms with Crippen LogP contribution in [0.15, 0.2) is 67.1 Å². The Labute approximate surface area is 149 Å². The van der Waals surface area contributed by atoms with Crippen molar-refractivity contribution in [1.82, 2.24) is 14.5 Å². The zero-order chi connectivity index (χ0) is 18.1. The zero-order valence-electron chi connectivity index (χ0n) is 14.0. The predicted octanol–water partition coefficient (Wildman–Crippen LogP) is 4.03. The second kappa shape index (κ2) is 6.40. The summed E-state index contributed by atoms with van der Waals surface area (Å²) in [4.78, 5) is 21.5. The van der Waals surface area contributed by atoms with Gasteiger partial charge in [-0.15, -0.1) is 0 Å². The van der Waals surface area contributed by atoms with Crippen LogP contribution < -0.4 is 5.32 Å². The number of benzene rings is 2. The van der Waals surface area contributed by atoms with Crippen molar-refractivity contribution < 1.29 is 9.18 Å². The molecule has 0 aliphatic heterocycles. The molecule has 0 spiro atoms. The third-order valence-electron chi connectivity index (χ3n) is 4.16. The van der Waals surface area contributed by atoms with E-state index in [0.717, 1.165) is 10.9 Å². The molecule has 0 radical (unpaired) electrons. The molecule has 0 bridgehead atoms. The Hall–Kier alpha value is -3.54. The molecule has 2 aromatic carbocycles. The van der Waals surface area contributed by atoms with E-state index in [0.29, 0.717) is 22.6 Å². The summed E-state index contributed by atoms with van der Waals surface area (Å²) >= 11 is 0. The third kappa shape index (κ3) is 2.82. The maximum atomic E-state index is 13.2. The number of aryl methyl sites for hydroxylation is 1. The van der Waals surface area contributed by atoms with Crippen molar-refractivity contribution >= 4 is 22.6 Å². The molecule has 4 aromatic rings. The highest BCUT2D eigenvalue weighted by atomic mass is 19.1. The van der Waals surface area contributed by atoms with Crippen molar-refractivity contribution in [2.75, 3.05) is 5.32 Å². The number of aromatic nitrogens is 3. The van der Waals surface area contributed by atoms with Crippen LogP contribution in [-0.2, 0) is 7.05 Å². The van der Waals surface area contributed by atoms with Crippen molar-refractivity contribution in [3.8, 4) is 11.3 Å². The van der Waals surface area contributed by atoms with Gasteiger partial charge in [0.2, 0.25) is 0 Å². The fraction of sp³-hybridized carbons (Fsp3) is 0.0500. The van der Waals surface area contributed by atoms with Crippen LogP contribution in [-0.4, -0.2) is 20.4 Å². The smallest absolute Gasteiger partial charge is 0.259 e. The molecule has 2 heterocycles. The van der Waals surface area contributed by atoms with Gasteiger partial charge in [0.05, 0.1) is 17.4 Å². The lowest BCUT2D eigenvalue weighted by molar-refractivity contribution is 0.102. The fourth-order valence-electron chi connectivity index (χ4n) is 2.86. The van der Waals surface area contributed by atoms with Crippen molar-refractivity contribution in [1.29, 1.82) is 0 Å². The number of para-hydroxylation sites is 1. The summed E-state index contributed by atoms with van der Waals surface area (Å²) in [6.45, 7) is 0. The number of anilines is 1. The fourth-order valence-corrected chi connectivity index (χ4v) is 2.86. The lowest BCUT2D eigenvalue weighted by Crippen LogP contribution is -2.15. The molecule has 0 saturated carbocycles.